The van der Waals surface area contributed by atoms with Gasteiger partial charge in [0, 0.05) is 8.95 Å². The van der Waals surface area contributed by atoms with E-state index < -0.39 is 50.0 Å². The van der Waals surface area contributed by atoms with Crippen molar-refractivity contribution >= 4 is 47.9 Å². The molecular formula is C13H4Br2F4O5S. The quantitative estimate of drug-likeness (QED) is 0.221. The lowest BCUT2D eigenvalue weighted by atomic mass is 10.2. The predicted octanol–water partition coefficient (Wildman–Crippen LogP) is 4.23. The number of esters is 1. The minimum atomic E-state index is -5.60. The topological polar surface area (TPSA) is 80.7 Å². The van der Waals surface area contributed by atoms with Crippen molar-refractivity contribution in [3.63, 3.8) is 0 Å². The number of ether oxygens (including phenoxy) is 1. The largest absolute Gasteiger partial charge is 0.416 e. The molecular weight excluding hydrogens is 504 g/mol. The fourth-order valence-corrected chi connectivity index (χ4v) is 3.55. The van der Waals surface area contributed by atoms with Crippen LogP contribution in [-0.2, 0) is 10.1 Å². The summed E-state index contributed by atoms with van der Waals surface area (Å²) in [6.45, 7) is 0. The molecule has 2 aromatic carbocycles. The highest BCUT2D eigenvalue weighted by Crippen LogP contribution is 2.33. The molecule has 5 nitrogen and oxygen atoms in total. The Morgan fingerprint density at radius 1 is 1.00 bits per heavy atom. The highest BCUT2D eigenvalue weighted by atomic mass is 79.9. The van der Waals surface area contributed by atoms with Gasteiger partial charge in [0.25, 0.3) is 0 Å². The summed E-state index contributed by atoms with van der Waals surface area (Å²) in [6.07, 6.45) is 0. The Hall–Kier alpha value is -1.50. The average molecular weight is 508 g/mol. The summed E-state index contributed by atoms with van der Waals surface area (Å²) in [7, 11) is -5.60. The third kappa shape index (κ3) is 3.86. The van der Waals surface area contributed by atoms with E-state index in [1.807, 2.05) is 0 Å². The van der Waals surface area contributed by atoms with Crippen molar-refractivity contribution in [1.29, 1.82) is 0 Å². The van der Waals surface area contributed by atoms with Gasteiger partial charge in [-0.2, -0.15) is 17.2 Å². The van der Waals surface area contributed by atoms with Crippen LogP contribution in [0.5, 0.6) is 5.75 Å². The molecule has 0 aliphatic rings. The summed E-state index contributed by atoms with van der Waals surface area (Å²) in [4.78, 5) is 9.71. The van der Waals surface area contributed by atoms with Crippen LogP contribution in [0.25, 0.3) is 0 Å². The molecule has 12 heteroatoms. The molecule has 0 saturated heterocycles. The SMILES string of the molecule is O=C(Oc1c(F)c(F)c(S(=O)(=O)O)c(F)c1F)c1ccc(Br)cc1Br. The van der Waals surface area contributed by atoms with Crippen LogP contribution in [0.15, 0.2) is 32.0 Å². The highest BCUT2D eigenvalue weighted by Gasteiger charge is 2.34. The van der Waals surface area contributed by atoms with E-state index in [0.29, 0.717) is 4.47 Å². The van der Waals surface area contributed by atoms with Gasteiger partial charge in [0.2, 0.25) is 17.4 Å². The third-order valence-electron chi connectivity index (χ3n) is 2.79. The van der Waals surface area contributed by atoms with E-state index >= 15 is 0 Å². The van der Waals surface area contributed by atoms with Gasteiger partial charge < -0.3 is 4.74 Å². The Bertz CT molecular complexity index is 965. The van der Waals surface area contributed by atoms with Crippen molar-refractivity contribution in [2.75, 3.05) is 0 Å². The maximum Gasteiger partial charge on any atom is 0.344 e. The molecule has 134 valence electrons. The Kier molecular flexibility index (Phi) is 5.56. The number of hydrogen-bond acceptors (Lipinski definition) is 4. The summed E-state index contributed by atoms with van der Waals surface area (Å²) >= 11 is 6.09. The van der Waals surface area contributed by atoms with Crippen LogP contribution in [0.3, 0.4) is 0 Å². The molecule has 25 heavy (non-hydrogen) atoms. The van der Waals surface area contributed by atoms with Crippen LogP contribution in [0.2, 0.25) is 0 Å². The van der Waals surface area contributed by atoms with Crippen molar-refractivity contribution in [3.05, 3.63) is 56.0 Å². The molecule has 0 spiro atoms. The maximum absolute atomic E-state index is 13.8. The molecule has 0 aromatic heterocycles. The zero-order chi connectivity index (χ0) is 19.1. The lowest BCUT2D eigenvalue weighted by Crippen LogP contribution is -2.16. The molecule has 2 aromatic rings. The lowest BCUT2D eigenvalue weighted by Gasteiger charge is -2.11. The first kappa shape index (κ1) is 19.8. The van der Waals surface area contributed by atoms with Gasteiger partial charge in [0.1, 0.15) is 0 Å². The van der Waals surface area contributed by atoms with E-state index in [1.54, 1.807) is 0 Å². The summed E-state index contributed by atoms with van der Waals surface area (Å²) in [5.74, 6) is -12.6. The van der Waals surface area contributed by atoms with Crippen LogP contribution in [0.1, 0.15) is 10.4 Å². The first-order valence-corrected chi connectivity index (χ1v) is 8.98. The zero-order valence-electron chi connectivity index (χ0n) is 11.5. The summed E-state index contributed by atoms with van der Waals surface area (Å²) in [6, 6.07) is 3.97. The van der Waals surface area contributed by atoms with Crippen molar-refractivity contribution in [2.24, 2.45) is 0 Å². The number of hydrogen-bond donors (Lipinski definition) is 1. The summed E-state index contributed by atoms with van der Waals surface area (Å²) < 4.78 is 90.3. The van der Waals surface area contributed by atoms with Crippen molar-refractivity contribution in [3.8, 4) is 5.75 Å². The van der Waals surface area contributed by atoms with Gasteiger partial charge in [0.05, 0.1) is 5.56 Å². The van der Waals surface area contributed by atoms with E-state index in [0.717, 1.165) is 0 Å². The van der Waals surface area contributed by atoms with E-state index in [4.69, 9.17) is 4.55 Å². The first-order chi connectivity index (χ1) is 11.4. The van der Waals surface area contributed by atoms with Gasteiger partial charge in [-0.05, 0) is 34.1 Å². The molecule has 0 fully saturated rings. The summed E-state index contributed by atoms with van der Waals surface area (Å²) in [5.41, 5.74) is -0.235. The van der Waals surface area contributed by atoms with Crippen LogP contribution in [0, 0.1) is 23.3 Å². The first-order valence-electron chi connectivity index (χ1n) is 5.95. The second-order valence-corrected chi connectivity index (χ2v) is 7.53. The fraction of sp³-hybridized carbons (Fsp3) is 0. The van der Waals surface area contributed by atoms with Crippen LogP contribution in [0.4, 0.5) is 17.6 Å². The van der Waals surface area contributed by atoms with E-state index in [1.165, 1.54) is 18.2 Å². The number of rotatable bonds is 3. The predicted molar refractivity (Wildman–Crippen MR) is 82.9 cm³/mol. The molecule has 1 N–H and O–H groups in total. The number of halogens is 6. The Balaban J connectivity index is 2.56. The molecule has 0 radical (unpaired) electrons. The Morgan fingerprint density at radius 2 is 1.52 bits per heavy atom. The van der Waals surface area contributed by atoms with Crippen LogP contribution in [-0.4, -0.2) is 18.9 Å². The monoisotopic (exact) mass is 506 g/mol. The highest BCUT2D eigenvalue weighted by molar-refractivity contribution is 9.11. The standard InChI is InChI=1S/C13H4Br2F4O5S/c14-4-1-2-5(6(15)3-4)13(20)24-11-7(16)9(18)12(25(21,22)23)10(19)8(11)17/h1-3H,(H,21,22,23). The van der Waals surface area contributed by atoms with Gasteiger partial charge in [-0.15, -0.1) is 0 Å². The lowest BCUT2D eigenvalue weighted by molar-refractivity contribution is 0.0715. The molecule has 0 heterocycles. The van der Waals surface area contributed by atoms with Gasteiger partial charge in [-0.25, -0.2) is 13.6 Å². The Labute approximate surface area is 154 Å². The molecule has 0 aliphatic heterocycles. The van der Waals surface area contributed by atoms with Crippen molar-refractivity contribution in [1.82, 2.24) is 0 Å². The normalized spacial score (nSPS) is 11.5. The molecule has 2 rings (SSSR count). The number of benzene rings is 2. The van der Waals surface area contributed by atoms with Crippen molar-refractivity contribution < 1.29 is 40.1 Å². The third-order valence-corrected chi connectivity index (χ3v) is 4.81. The molecule has 0 aliphatic carbocycles. The van der Waals surface area contributed by atoms with Gasteiger partial charge in [0.15, 0.2) is 16.5 Å². The summed E-state index contributed by atoms with van der Waals surface area (Å²) in [5, 5.41) is 0. The van der Waals surface area contributed by atoms with E-state index in [9.17, 15) is 30.8 Å². The maximum atomic E-state index is 13.8. The molecule has 0 unspecified atom stereocenters. The second kappa shape index (κ2) is 7.02. The van der Waals surface area contributed by atoms with Crippen LogP contribution < -0.4 is 4.74 Å². The second-order valence-electron chi connectivity index (χ2n) is 4.40. The zero-order valence-corrected chi connectivity index (χ0v) is 15.5. The Morgan fingerprint density at radius 3 is 1.96 bits per heavy atom. The molecule has 0 bridgehead atoms. The van der Waals surface area contributed by atoms with E-state index in [2.05, 4.69) is 36.6 Å². The minimum absolute atomic E-state index is 0.142. The molecule has 0 amide bonds. The van der Waals surface area contributed by atoms with Gasteiger partial charge in [-0.1, -0.05) is 15.9 Å². The fourth-order valence-electron chi connectivity index (χ4n) is 1.71. The molecule has 0 saturated carbocycles. The van der Waals surface area contributed by atoms with Crippen LogP contribution >= 0.6 is 31.9 Å². The van der Waals surface area contributed by atoms with Gasteiger partial charge in [-0.3, -0.25) is 4.55 Å². The minimum Gasteiger partial charge on any atom is -0.416 e. The smallest absolute Gasteiger partial charge is 0.344 e. The van der Waals surface area contributed by atoms with Crippen molar-refractivity contribution in [2.45, 2.75) is 4.90 Å². The molecule has 0 atom stereocenters. The number of carbonyl (C=O) groups excluding carboxylic acids is 1. The van der Waals surface area contributed by atoms with E-state index in [-0.39, 0.29) is 10.0 Å². The number of carbonyl (C=O) groups is 1. The van der Waals surface area contributed by atoms with Gasteiger partial charge >= 0.3 is 16.1 Å². The average Bonchev–Trinajstić information content (AvgIpc) is 2.48.